The van der Waals surface area contributed by atoms with Gasteiger partial charge in [0.05, 0.1) is 31.8 Å². The van der Waals surface area contributed by atoms with E-state index >= 15 is 0 Å². The molecule has 1 amide bonds. The molecule has 0 aliphatic carbocycles. The van der Waals surface area contributed by atoms with E-state index in [2.05, 4.69) is 11.3 Å². The molecule has 1 saturated heterocycles. The van der Waals surface area contributed by atoms with E-state index in [4.69, 9.17) is 23.2 Å². The zero-order valence-corrected chi connectivity index (χ0v) is 19.0. The van der Waals surface area contributed by atoms with E-state index in [1.807, 2.05) is 20.8 Å². The average molecular weight is 447 g/mol. The van der Waals surface area contributed by atoms with Crippen LogP contribution in [0.3, 0.4) is 0 Å². The Labute approximate surface area is 179 Å². The van der Waals surface area contributed by atoms with Gasteiger partial charge in [-0.2, -0.15) is 0 Å². The zero-order valence-electron chi connectivity index (χ0n) is 16.7. The van der Waals surface area contributed by atoms with Crippen molar-refractivity contribution in [2.24, 2.45) is 5.92 Å². The predicted octanol–water partition coefficient (Wildman–Crippen LogP) is 4.61. The maximum absolute atomic E-state index is 12.8. The van der Waals surface area contributed by atoms with Crippen molar-refractivity contribution >= 4 is 40.1 Å². The highest BCUT2D eigenvalue weighted by Crippen LogP contribution is 2.39. The third-order valence-electron chi connectivity index (χ3n) is 4.86. The lowest BCUT2D eigenvalue weighted by atomic mass is 9.85. The summed E-state index contributed by atoms with van der Waals surface area (Å²) in [7, 11) is -1.35. The lowest BCUT2D eigenvalue weighted by Gasteiger charge is -2.37. The molecule has 0 radical (unpaired) electrons. The third-order valence-corrected chi connectivity index (χ3v) is 7.16. The van der Waals surface area contributed by atoms with E-state index < -0.39 is 15.7 Å². The maximum atomic E-state index is 12.8. The first kappa shape index (κ1) is 23.2. The molecule has 28 heavy (non-hydrogen) atoms. The number of piperidine rings is 1. The first-order valence-corrected chi connectivity index (χ1v) is 11.1. The Balaban J connectivity index is 2.30. The molecule has 1 aliphatic rings. The zero-order chi connectivity index (χ0) is 21.2. The lowest BCUT2D eigenvalue weighted by molar-refractivity contribution is -0.128. The number of hydrogen-bond donors (Lipinski definition) is 2. The number of benzene rings is 1. The fraction of sp³-hybridized carbons (Fsp3) is 0.550. The Morgan fingerprint density at radius 3 is 2.32 bits per heavy atom. The van der Waals surface area contributed by atoms with Gasteiger partial charge in [0.15, 0.2) is 0 Å². The van der Waals surface area contributed by atoms with Crippen LogP contribution in [0.2, 0.25) is 10.0 Å². The fourth-order valence-corrected chi connectivity index (χ4v) is 4.45. The minimum Gasteiger partial charge on any atom is -0.508 e. The molecule has 0 saturated carbocycles. The topological polar surface area (TPSA) is 69.6 Å². The SMILES string of the molecule is C=C(C)C(=O)N1CCC([C@@H](N[S@@](=O)C(C)(C)C)c2cc(Cl)c(Cl)cc2O)CC1. The van der Waals surface area contributed by atoms with Crippen molar-refractivity contribution in [1.29, 1.82) is 0 Å². The summed E-state index contributed by atoms with van der Waals surface area (Å²) in [4.78, 5) is 14.0. The number of nitrogens with one attached hydrogen (secondary N) is 1. The molecule has 8 heteroatoms. The Hall–Kier alpha value is -1.08. The Morgan fingerprint density at radius 1 is 1.29 bits per heavy atom. The number of aromatic hydroxyl groups is 1. The number of carbonyl (C=O) groups is 1. The van der Waals surface area contributed by atoms with Gasteiger partial charge < -0.3 is 10.0 Å². The number of halogens is 2. The molecule has 1 heterocycles. The number of rotatable bonds is 5. The van der Waals surface area contributed by atoms with Crippen LogP contribution in [0.25, 0.3) is 0 Å². The highest BCUT2D eigenvalue weighted by Gasteiger charge is 2.34. The van der Waals surface area contributed by atoms with Gasteiger partial charge in [0, 0.05) is 30.3 Å². The number of likely N-dealkylation sites (tertiary alicyclic amines) is 1. The van der Waals surface area contributed by atoms with Crippen LogP contribution < -0.4 is 4.72 Å². The second-order valence-electron chi connectivity index (χ2n) is 8.21. The van der Waals surface area contributed by atoms with Gasteiger partial charge in [-0.3, -0.25) is 4.79 Å². The first-order chi connectivity index (χ1) is 12.9. The third kappa shape index (κ3) is 5.50. The first-order valence-electron chi connectivity index (χ1n) is 9.22. The number of hydrogen-bond acceptors (Lipinski definition) is 3. The molecule has 1 aliphatic heterocycles. The standard InChI is InChI=1S/C20H28Cl2N2O3S/c1-12(2)19(26)24-8-6-13(7-9-24)18(23-28(27)20(3,4)5)14-10-15(21)16(22)11-17(14)25/h10-11,13,18,23,25H,1,6-9H2,2-5H3/t18-,28+/m1/s1. The Kier molecular flexibility index (Phi) is 7.59. The molecule has 156 valence electrons. The summed E-state index contributed by atoms with van der Waals surface area (Å²) in [6.45, 7) is 12.3. The quantitative estimate of drug-likeness (QED) is 0.648. The summed E-state index contributed by atoms with van der Waals surface area (Å²) >= 11 is 12.2. The fourth-order valence-electron chi connectivity index (χ4n) is 3.21. The normalized spacial score (nSPS) is 18.0. The average Bonchev–Trinajstić information content (AvgIpc) is 2.61. The monoisotopic (exact) mass is 446 g/mol. The number of phenols is 1. The van der Waals surface area contributed by atoms with Crippen LogP contribution in [0.1, 0.15) is 52.1 Å². The molecule has 1 fully saturated rings. The van der Waals surface area contributed by atoms with Crippen LogP contribution >= 0.6 is 23.2 Å². The Bertz CT molecular complexity index is 784. The van der Waals surface area contributed by atoms with E-state index in [0.29, 0.717) is 42.1 Å². The molecule has 1 aromatic carbocycles. The van der Waals surface area contributed by atoms with Gasteiger partial charge in [-0.1, -0.05) is 29.8 Å². The predicted molar refractivity (Wildman–Crippen MR) is 116 cm³/mol. The van der Waals surface area contributed by atoms with E-state index in [0.717, 1.165) is 0 Å². The van der Waals surface area contributed by atoms with Crippen molar-refractivity contribution in [3.63, 3.8) is 0 Å². The molecule has 1 aromatic rings. The van der Waals surface area contributed by atoms with Gasteiger partial charge in [-0.25, -0.2) is 8.93 Å². The number of carbonyl (C=O) groups excluding carboxylic acids is 1. The minimum absolute atomic E-state index is 0.0123. The molecule has 0 unspecified atom stereocenters. The van der Waals surface area contributed by atoms with Crippen LogP contribution in [-0.4, -0.2) is 38.0 Å². The molecule has 0 spiro atoms. The summed E-state index contributed by atoms with van der Waals surface area (Å²) in [6, 6.07) is 2.66. The van der Waals surface area contributed by atoms with Crippen LogP contribution in [-0.2, 0) is 15.8 Å². The molecule has 0 aromatic heterocycles. The molecule has 2 atom stereocenters. The number of amides is 1. The second-order valence-corrected chi connectivity index (χ2v) is 11.0. The van der Waals surface area contributed by atoms with Crippen molar-refractivity contribution < 1.29 is 14.1 Å². The van der Waals surface area contributed by atoms with E-state index in [1.165, 1.54) is 6.07 Å². The Morgan fingerprint density at radius 2 is 1.82 bits per heavy atom. The molecular formula is C20H28Cl2N2O3S. The molecule has 2 rings (SSSR count). The minimum atomic E-state index is -1.35. The summed E-state index contributed by atoms with van der Waals surface area (Å²) in [5.74, 6) is 0.0421. The van der Waals surface area contributed by atoms with Gasteiger partial charge >= 0.3 is 0 Å². The van der Waals surface area contributed by atoms with Gasteiger partial charge in [0.25, 0.3) is 0 Å². The van der Waals surface area contributed by atoms with Crippen molar-refractivity contribution in [1.82, 2.24) is 9.62 Å². The van der Waals surface area contributed by atoms with E-state index in [9.17, 15) is 14.1 Å². The van der Waals surface area contributed by atoms with Crippen LogP contribution in [0.4, 0.5) is 0 Å². The highest BCUT2D eigenvalue weighted by atomic mass is 35.5. The molecule has 0 bridgehead atoms. The summed E-state index contributed by atoms with van der Waals surface area (Å²) in [6.07, 6.45) is 1.41. The van der Waals surface area contributed by atoms with Gasteiger partial charge in [-0.15, -0.1) is 0 Å². The van der Waals surface area contributed by atoms with Crippen LogP contribution in [0.15, 0.2) is 24.3 Å². The molecular weight excluding hydrogens is 419 g/mol. The van der Waals surface area contributed by atoms with Gasteiger partial charge in [0.2, 0.25) is 5.91 Å². The number of phenolic OH excluding ortho intramolecular Hbond substituents is 1. The smallest absolute Gasteiger partial charge is 0.248 e. The second kappa shape index (κ2) is 9.16. The van der Waals surface area contributed by atoms with Crippen molar-refractivity contribution in [3.05, 3.63) is 39.9 Å². The van der Waals surface area contributed by atoms with Crippen molar-refractivity contribution in [2.45, 2.75) is 51.3 Å². The summed E-state index contributed by atoms with van der Waals surface area (Å²) in [5, 5.41) is 11.1. The molecule has 5 nitrogen and oxygen atoms in total. The molecule has 2 N–H and O–H groups in total. The van der Waals surface area contributed by atoms with Crippen LogP contribution in [0, 0.1) is 5.92 Å². The van der Waals surface area contributed by atoms with Crippen molar-refractivity contribution in [3.8, 4) is 5.75 Å². The number of nitrogens with zero attached hydrogens (tertiary/aromatic N) is 1. The van der Waals surface area contributed by atoms with Gasteiger partial charge in [0.1, 0.15) is 5.75 Å². The van der Waals surface area contributed by atoms with E-state index in [1.54, 1.807) is 17.9 Å². The largest absolute Gasteiger partial charge is 0.508 e. The maximum Gasteiger partial charge on any atom is 0.248 e. The van der Waals surface area contributed by atoms with Crippen LogP contribution in [0.5, 0.6) is 5.75 Å². The summed E-state index contributed by atoms with van der Waals surface area (Å²) < 4.78 is 15.5. The van der Waals surface area contributed by atoms with Crippen molar-refractivity contribution in [2.75, 3.05) is 13.1 Å². The highest BCUT2D eigenvalue weighted by molar-refractivity contribution is 7.84. The summed E-state index contributed by atoms with van der Waals surface area (Å²) in [5.41, 5.74) is 1.08. The van der Waals surface area contributed by atoms with E-state index in [-0.39, 0.29) is 28.6 Å². The lowest BCUT2D eigenvalue weighted by Crippen LogP contribution is -2.44. The van der Waals surface area contributed by atoms with Gasteiger partial charge in [-0.05, 0) is 52.5 Å².